The Labute approximate surface area is 179 Å². The van der Waals surface area contributed by atoms with Gasteiger partial charge in [-0.3, -0.25) is 10.1 Å². The fourth-order valence-electron chi connectivity index (χ4n) is 3.29. The first-order chi connectivity index (χ1) is 14.3. The number of hydrogen-bond donors (Lipinski definition) is 2. The van der Waals surface area contributed by atoms with Crippen LogP contribution in [0.1, 0.15) is 28.8 Å². The molecular formula is C21H21N3O4S2. The number of nitrogens with zero attached hydrogens (tertiary/aromatic N) is 2. The number of benzene rings is 2. The zero-order chi connectivity index (χ0) is 21.3. The molecule has 30 heavy (non-hydrogen) atoms. The average molecular weight is 444 g/mol. The molecule has 2 N–H and O–H groups in total. The van der Waals surface area contributed by atoms with Crippen molar-refractivity contribution in [1.29, 1.82) is 0 Å². The standard InChI is InChI=1S/C21H21N3O4S2/c1-14-4-6-15(7-5-14)18-13-29-21(22-18)23-20(26)17-12-16(8-9-19(17)25)30(27,28)24-10-2-3-11-24/h4-9,12-13,25H,2-3,10-11H2,1H3,(H,22,23,26). The Morgan fingerprint density at radius 3 is 2.53 bits per heavy atom. The van der Waals surface area contributed by atoms with Gasteiger partial charge in [0.25, 0.3) is 5.91 Å². The SMILES string of the molecule is Cc1ccc(-c2csc(NC(=O)c3cc(S(=O)(=O)N4CCCC4)ccc3O)n2)cc1. The van der Waals surface area contributed by atoms with Gasteiger partial charge in [0.2, 0.25) is 10.0 Å². The fourth-order valence-corrected chi connectivity index (χ4v) is 5.55. The van der Waals surface area contributed by atoms with Gasteiger partial charge < -0.3 is 5.11 Å². The first kappa shape index (κ1) is 20.5. The maximum Gasteiger partial charge on any atom is 0.261 e. The van der Waals surface area contributed by atoms with Crippen LogP contribution < -0.4 is 5.32 Å². The Hall–Kier alpha value is -2.75. The topological polar surface area (TPSA) is 99.6 Å². The molecule has 1 fully saturated rings. The second-order valence-corrected chi connectivity index (χ2v) is 9.94. The Morgan fingerprint density at radius 2 is 1.83 bits per heavy atom. The van der Waals surface area contributed by atoms with Gasteiger partial charge in [0.05, 0.1) is 16.2 Å². The summed E-state index contributed by atoms with van der Waals surface area (Å²) in [5.41, 5.74) is 2.69. The van der Waals surface area contributed by atoms with Crippen molar-refractivity contribution in [2.24, 2.45) is 0 Å². The number of carbonyl (C=O) groups is 1. The Bertz CT molecular complexity index is 1180. The molecule has 2 heterocycles. The number of thiazole rings is 1. The summed E-state index contributed by atoms with van der Waals surface area (Å²) in [7, 11) is -3.69. The number of phenols is 1. The van der Waals surface area contributed by atoms with Crippen molar-refractivity contribution in [3.05, 3.63) is 59.0 Å². The van der Waals surface area contributed by atoms with Crippen molar-refractivity contribution >= 4 is 32.4 Å². The minimum atomic E-state index is -3.69. The van der Waals surface area contributed by atoms with E-state index in [0.29, 0.717) is 18.2 Å². The van der Waals surface area contributed by atoms with E-state index in [-0.39, 0.29) is 16.2 Å². The summed E-state index contributed by atoms with van der Waals surface area (Å²) in [4.78, 5) is 17.1. The minimum Gasteiger partial charge on any atom is -0.507 e. The first-order valence-corrected chi connectivity index (χ1v) is 11.8. The molecule has 0 atom stereocenters. The van der Waals surface area contributed by atoms with Crippen molar-refractivity contribution < 1.29 is 18.3 Å². The van der Waals surface area contributed by atoms with E-state index in [2.05, 4.69) is 10.3 Å². The van der Waals surface area contributed by atoms with Gasteiger partial charge in [-0.15, -0.1) is 11.3 Å². The van der Waals surface area contributed by atoms with Gasteiger partial charge in [0, 0.05) is 24.0 Å². The maximum absolute atomic E-state index is 12.8. The minimum absolute atomic E-state index is 0.00756. The van der Waals surface area contributed by atoms with Gasteiger partial charge in [0.1, 0.15) is 5.75 Å². The highest BCUT2D eigenvalue weighted by Crippen LogP contribution is 2.28. The third kappa shape index (κ3) is 4.09. The van der Waals surface area contributed by atoms with Crippen LogP contribution in [0.3, 0.4) is 0 Å². The van der Waals surface area contributed by atoms with E-state index in [1.165, 1.54) is 33.8 Å². The summed E-state index contributed by atoms with van der Waals surface area (Å²) >= 11 is 1.26. The summed E-state index contributed by atoms with van der Waals surface area (Å²) in [5.74, 6) is -0.904. The molecule has 0 unspecified atom stereocenters. The lowest BCUT2D eigenvalue weighted by molar-refractivity contribution is 0.102. The Balaban J connectivity index is 1.56. The predicted molar refractivity (Wildman–Crippen MR) is 116 cm³/mol. The average Bonchev–Trinajstić information content (AvgIpc) is 3.41. The lowest BCUT2D eigenvalue weighted by atomic mass is 10.1. The van der Waals surface area contributed by atoms with Crippen LogP contribution in [0.4, 0.5) is 5.13 Å². The second-order valence-electron chi connectivity index (χ2n) is 7.15. The summed E-state index contributed by atoms with van der Waals surface area (Å²) in [6.07, 6.45) is 1.63. The fraction of sp³-hybridized carbons (Fsp3) is 0.238. The lowest BCUT2D eigenvalue weighted by Gasteiger charge is -2.16. The molecule has 1 amide bonds. The third-order valence-corrected chi connectivity index (χ3v) is 7.64. The maximum atomic E-state index is 12.8. The summed E-state index contributed by atoms with van der Waals surface area (Å²) in [5, 5.41) is 15.0. The second kappa shape index (κ2) is 8.17. The van der Waals surface area contributed by atoms with Crippen LogP contribution in [0.25, 0.3) is 11.3 Å². The molecule has 0 aliphatic carbocycles. The molecule has 0 bridgehead atoms. The van der Waals surface area contributed by atoms with Crippen molar-refractivity contribution in [2.45, 2.75) is 24.7 Å². The van der Waals surface area contributed by atoms with Crippen LogP contribution in [-0.4, -0.2) is 41.8 Å². The summed E-state index contributed by atoms with van der Waals surface area (Å²) < 4.78 is 26.9. The molecule has 0 spiro atoms. The molecule has 0 radical (unpaired) electrons. The number of rotatable bonds is 5. The molecule has 1 aromatic heterocycles. The summed E-state index contributed by atoms with van der Waals surface area (Å²) in [6, 6.07) is 11.6. The first-order valence-electron chi connectivity index (χ1n) is 9.52. The molecule has 2 aromatic carbocycles. The van der Waals surface area contributed by atoms with Crippen molar-refractivity contribution in [3.8, 4) is 17.0 Å². The predicted octanol–water partition coefficient (Wildman–Crippen LogP) is 3.86. The number of hydrogen-bond acceptors (Lipinski definition) is 6. The van der Waals surface area contributed by atoms with Crippen LogP contribution in [-0.2, 0) is 10.0 Å². The number of amides is 1. The molecular weight excluding hydrogens is 422 g/mol. The van der Waals surface area contributed by atoms with Gasteiger partial charge in [-0.1, -0.05) is 29.8 Å². The molecule has 156 valence electrons. The number of aromatic nitrogens is 1. The van der Waals surface area contributed by atoms with E-state index in [0.717, 1.165) is 29.7 Å². The smallest absolute Gasteiger partial charge is 0.261 e. The van der Waals surface area contributed by atoms with Crippen LogP contribution in [0.15, 0.2) is 52.7 Å². The van der Waals surface area contributed by atoms with Crippen molar-refractivity contribution in [2.75, 3.05) is 18.4 Å². The number of nitrogens with one attached hydrogen (secondary N) is 1. The van der Waals surface area contributed by atoms with Crippen molar-refractivity contribution in [3.63, 3.8) is 0 Å². The molecule has 3 aromatic rings. The zero-order valence-corrected chi connectivity index (χ0v) is 18.0. The summed E-state index contributed by atoms with van der Waals surface area (Å²) in [6.45, 7) is 2.93. The molecule has 0 saturated carbocycles. The van der Waals surface area contributed by atoms with Gasteiger partial charge in [-0.25, -0.2) is 13.4 Å². The molecule has 1 aliphatic rings. The monoisotopic (exact) mass is 443 g/mol. The van der Waals surface area contributed by atoms with Gasteiger partial charge in [0.15, 0.2) is 5.13 Å². The molecule has 7 nitrogen and oxygen atoms in total. The van der Waals surface area contributed by atoms with Crippen LogP contribution in [0.2, 0.25) is 0 Å². The molecule has 4 rings (SSSR count). The van der Waals surface area contributed by atoms with E-state index in [4.69, 9.17) is 0 Å². The number of carbonyl (C=O) groups excluding carboxylic acids is 1. The van der Waals surface area contributed by atoms with E-state index < -0.39 is 15.9 Å². The van der Waals surface area contributed by atoms with Crippen LogP contribution in [0, 0.1) is 6.92 Å². The van der Waals surface area contributed by atoms with Crippen molar-refractivity contribution in [1.82, 2.24) is 9.29 Å². The Kier molecular flexibility index (Phi) is 5.59. The van der Waals surface area contributed by atoms with E-state index in [9.17, 15) is 18.3 Å². The normalized spacial score (nSPS) is 14.7. The highest BCUT2D eigenvalue weighted by atomic mass is 32.2. The van der Waals surface area contributed by atoms with E-state index in [1.807, 2.05) is 36.6 Å². The molecule has 1 saturated heterocycles. The Morgan fingerprint density at radius 1 is 1.13 bits per heavy atom. The number of phenolic OH excluding ortho intramolecular Hbond substituents is 1. The zero-order valence-electron chi connectivity index (χ0n) is 16.3. The highest BCUT2D eigenvalue weighted by molar-refractivity contribution is 7.89. The lowest BCUT2D eigenvalue weighted by Crippen LogP contribution is -2.28. The van der Waals surface area contributed by atoms with Gasteiger partial charge in [-0.2, -0.15) is 4.31 Å². The highest BCUT2D eigenvalue weighted by Gasteiger charge is 2.28. The quantitative estimate of drug-likeness (QED) is 0.624. The van der Waals surface area contributed by atoms with Crippen LogP contribution in [0.5, 0.6) is 5.75 Å². The van der Waals surface area contributed by atoms with Gasteiger partial charge in [-0.05, 0) is 38.0 Å². The molecule has 9 heteroatoms. The van der Waals surface area contributed by atoms with Gasteiger partial charge >= 0.3 is 0 Å². The number of aryl methyl sites for hydroxylation is 1. The number of anilines is 1. The molecule has 1 aliphatic heterocycles. The largest absolute Gasteiger partial charge is 0.507 e. The third-order valence-electron chi connectivity index (χ3n) is 4.99. The van der Waals surface area contributed by atoms with E-state index >= 15 is 0 Å². The van der Waals surface area contributed by atoms with Crippen LogP contribution >= 0.6 is 11.3 Å². The number of aromatic hydroxyl groups is 1. The van der Waals surface area contributed by atoms with E-state index in [1.54, 1.807) is 0 Å². The number of sulfonamides is 1.